The normalized spacial score (nSPS) is 11.9. The molecule has 0 saturated carbocycles. The Hall–Kier alpha value is -4.25. The van der Waals surface area contributed by atoms with Gasteiger partial charge in [-0.2, -0.15) is 0 Å². The molecule has 3 aromatic carbocycles. The van der Waals surface area contributed by atoms with Crippen LogP contribution in [-0.4, -0.2) is 65.1 Å². The van der Waals surface area contributed by atoms with E-state index >= 15 is 0 Å². The van der Waals surface area contributed by atoms with Crippen molar-refractivity contribution in [3.63, 3.8) is 0 Å². The maximum absolute atomic E-state index is 14.2. The van der Waals surface area contributed by atoms with Gasteiger partial charge in [0, 0.05) is 19.2 Å². The molecule has 0 fully saturated rings. The van der Waals surface area contributed by atoms with Crippen LogP contribution in [0.5, 0.6) is 17.2 Å². The highest BCUT2D eigenvalue weighted by Crippen LogP contribution is 2.33. The number of nitrogens with zero attached hydrogens (tertiary/aromatic N) is 2. The van der Waals surface area contributed by atoms with E-state index in [1.807, 2.05) is 52.0 Å². The topological polar surface area (TPSA) is 114 Å². The van der Waals surface area contributed by atoms with Gasteiger partial charge in [-0.05, 0) is 68.7 Å². The van der Waals surface area contributed by atoms with Gasteiger partial charge in [0.1, 0.15) is 18.3 Å². The molecule has 0 heterocycles. The van der Waals surface area contributed by atoms with Gasteiger partial charge in [0.15, 0.2) is 11.5 Å². The number of methoxy groups -OCH3 is 2. The fourth-order valence-corrected chi connectivity index (χ4v) is 5.98. The number of anilines is 1. The summed E-state index contributed by atoms with van der Waals surface area (Å²) in [5, 5.41) is 2.89. The van der Waals surface area contributed by atoms with Crippen LogP contribution in [0.2, 0.25) is 0 Å². The van der Waals surface area contributed by atoms with Crippen LogP contribution < -0.4 is 23.8 Å². The molecular formula is C33H43N3O7S. The molecule has 238 valence electrons. The molecule has 3 aromatic rings. The van der Waals surface area contributed by atoms with E-state index in [1.54, 1.807) is 31.2 Å². The van der Waals surface area contributed by atoms with Crippen LogP contribution in [0.15, 0.2) is 71.6 Å². The fraction of sp³-hybridized carbons (Fsp3) is 0.394. The Labute approximate surface area is 261 Å². The zero-order valence-corrected chi connectivity index (χ0v) is 27.3. The SMILES string of the molecule is CCOc1ccc(N(CC(=O)N(Cc2cccc(C)c2)[C@H](C)C(=O)NCC(C)C)S(=O)(=O)c2ccc(OC)c(OC)c2)cc1. The number of benzene rings is 3. The standard InChI is InChI=1S/C33H43N3O7S/c1-8-43-28-14-12-27(13-15-28)36(44(39,40)29-16-17-30(41-6)31(19-29)42-7)22-32(37)35(21-26-11-9-10-24(4)18-26)25(5)33(38)34-20-23(2)3/h9-19,23,25H,8,20-22H2,1-7H3,(H,34,38)/t25-/m1/s1. The third kappa shape index (κ3) is 8.66. The molecule has 3 rings (SSSR count). The lowest BCUT2D eigenvalue weighted by Gasteiger charge is -2.32. The van der Waals surface area contributed by atoms with Gasteiger partial charge in [-0.3, -0.25) is 13.9 Å². The van der Waals surface area contributed by atoms with Gasteiger partial charge in [-0.1, -0.05) is 43.7 Å². The fourth-order valence-electron chi connectivity index (χ4n) is 4.55. The Kier molecular flexibility index (Phi) is 12.0. The zero-order chi connectivity index (χ0) is 32.4. The summed E-state index contributed by atoms with van der Waals surface area (Å²) in [5.74, 6) is 0.492. The third-order valence-corrected chi connectivity index (χ3v) is 8.71. The van der Waals surface area contributed by atoms with Crippen LogP contribution in [0.1, 0.15) is 38.8 Å². The summed E-state index contributed by atoms with van der Waals surface area (Å²) in [6.07, 6.45) is 0. The zero-order valence-electron chi connectivity index (χ0n) is 26.5. The van der Waals surface area contributed by atoms with Crippen molar-refractivity contribution in [2.45, 2.75) is 52.1 Å². The summed E-state index contributed by atoms with van der Waals surface area (Å²) >= 11 is 0. The Balaban J connectivity index is 2.07. The van der Waals surface area contributed by atoms with Crippen LogP contribution in [-0.2, 0) is 26.2 Å². The minimum Gasteiger partial charge on any atom is -0.494 e. The lowest BCUT2D eigenvalue weighted by Crippen LogP contribution is -2.51. The van der Waals surface area contributed by atoms with Crippen LogP contribution in [0.25, 0.3) is 0 Å². The van der Waals surface area contributed by atoms with Crippen molar-refractivity contribution in [2.75, 3.05) is 38.2 Å². The third-order valence-electron chi connectivity index (χ3n) is 6.94. The number of aryl methyl sites for hydroxylation is 1. The van der Waals surface area contributed by atoms with Crippen molar-refractivity contribution in [3.8, 4) is 17.2 Å². The lowest BCUT2D eigenvalue weighted by atomic mass is 10.1. The number of rotatable bonds is 15. The summed E-state index contributed by atoms with van der Waals surface area (Å²) in [6.45, 7) is 9.84. The summed E-state index contributed by atoms with van der Waals surface area (Å²) in [5.41, 5.74) is 2.07. The number of hydrogen-bond acceptors (Lipinski definition) is 7. The van der Waals surface area contributed by atoms with Gasteiger partial charge < -0.3 is 24.4 Å². The van der Waals surface area contributed by atoms with E-state index in [2.05, 4.69) is 5.32 Å². The molecule has 0 radical (unpaired) electrons. The average molecular weight is 626 g/mol. The molecule has 0 bridgehead atoms. The van der Waals surface area contributed by atoms with Crippen molar-refractivity contribution in [1.29, 1.82) is 0 Å². The van der Waals surface area contributed by atoms with Crippen molar-refractivity contribution in [1.82, 2.24) is 10.2 Å². The molecule has 1 N–H and O–H groups in total. The summed E-state index contributed by atoms with van der Waals surface area (Å²) in [4.78, 5) is 28.6. The number of carbonyl (C=O) groups excluding carboxylic acids is 2. The Morgan fingerprint density at radius 2 is 1.59 bits per heavy atom. The molecule has 0 aliphatic carbocycles. The van der Waals surface area contributed by atoms with Crippen LogP contribution >= 0.6 is 0 Å². The van der Waals surface area contributed by atoms with Crippen molar-refractivity contribution < 1.29 is 32.2 Å². The smallest absolute Gasteiger partial charge is 0.264 e. The Bertz CT molecular complexity index is 1520. The predicted molar refractivity (Wildman–Crippen MR) is 171 cm³/mol. The molecular weight excluding hydrogens is 582 g/mol. The molecule has 11 heteroatoms. The van der Waals surface area contributed by atoms with Gasteiger partial charge in [0.2, 0.25) is 11.8 Å². The first-order chi connectivity index (χ1) is 20.9. The summed E-state index contributed by atoms with van der Waals surface area (Å²) in [7, 11) is -1.43. The van der Waals surface area contributed by atoms with Gasteiger partial charge >= 0.3 is 0 Å². The Morgan fingerprint density at radius 1 is 0.909 bits per heavy atom. The number of hydrogen-bond donors (Lipinski definition) is 1. The molecule has 0 aliphatic rings. The van der Waals surface area contributed by atoms with E-state index in [0.717, 1.165) is 15.4 Å². The highest BCUT2D eigenvalue weighted by Gasteiger charge is 2.33. The highest BCUT2D eigenvalue weighted by atomic mass is 32.2. The monoisotopic (exact) mass is 625 g/mol. The average Bonchev–Trinajstić information content (AvgIpc) is 3.01. The second kappa shape index (κ2) is 15.5. The quantitative estimate of drug-likeness (QED) is 0.258. The number of ether oxygens (including phenoxy) is 3. The largest absolute Gasteiger partial charge is 0.494 e. The van der Waals surface area contributed by atoms with Gasteiger partial charge in [0.05, 0.1) is 31.4 Å². The number of carbonyl (C=O) groups is 2. The number of nitrogens with one attached hydrogen (secondary N) is 1. The molecule has 0 spiro atoms. The van der Waals surface area contributed by atoms with E-state index in [4.69, 9.17) is 14.2 Å². The van der Waals surface area contributed by atoms with E-state index < -0.39 is 28.5 Å². The molecule has 0 aliphatic heterocycles. The molecule has 0 aromatic heterocycles. The maximum atomic E-state index is 14.2. The van der Waals surface area contributed by atoms with Gasteiger partial charge in [-0.15, -0.1) is 0 Å². The highest BCUT2D eigenvalue weighted by molar-refractivity contribution is 7.92. The first-order valence-electron chi connectivity index (χ1n) is 14.5. The summed E-state index contributed by atoms with van der Waals surface area (Å²) < 4.78 is 45.6. The van der Waals surface area contributed by atoms with Crippen molar-refractivity contribution >= 4 is 27.5 Å². The molecule has 2 amide bonds. The van der Waals surface area contributed by atoms with Crippen molar-refractivity contribution in [3.05, 3.63) is 77.9 Å². The van der Waals surface area contributed by atoms with E-state index in [9.17, 15) is 18.0 Å². The van der Waals surface area contributed by atoms with Crippen LogP contribution in [0.3, 0.4) is 0 Å². The van der Waals surface area contributed by atoms with E-state index in [0.29, 0.717) is 24.7 Å². The molecule has 0 unspecified atom stereocenters. The Morgan fingerprint density at radius 3 is 2.18 bits per heavy atom. The second-order valence-corrected chi connectivity index (χ2v) is 12.6. The first kappa shape index (κ1) is 34.2. The minimum atomic E-state index is -4.30. The minimum absolute atomic E-state index is 0.0928. The predicted octanol–water partition coefficient (Wildman–Crippen LogP) is 4.80. The lowest BCUT2D eigenvalue weighted by molar-refractivity contribution is -0.139. The number of sulfonamides is 1. The van der Waals surface area contributed by atoms with Gasteiger partial charge in [-0.25, -0.2) is 8.42 Å². The second-order valence-electron chi connectivity index (χ2n) is 10.8. The first-order valence-corrected chi connectivity index (χ1v) is 16.0. The number of amides is 2. The van der Waals surface area contributed by atoms with Gasteiger partial charge in [0.25, 0.3) is 10.0 Å². The molecule has 1 atom stereocenters. The van der Waals surface area contributed by atoms with E-state index in [-0.39, 0.29) is 34.7 Å². The maximum Gasteiger partial charge on any atom is 0.264 e. The summed E-state index contributed by atoms with van der Waals surface area (Å²) in [6, 6.07) is 17.5. The van der Waals surface area contributed by atoms with E-state index in [1.165, 1.54) is 37.3 Å². The van der Waals surface area contributed by atoms with Crippen molar-refractivity contribution in [2.24, 2.45) is 5.92 Å². The van der Waals surface area contributed by atoms with Crippen LogP contribution in [0.4, 0.5) is 5.69 Å². The molecule has 0 saturated heterocycles. The molecule has 44 heavy (non-hydrogen) atoms. The van der Waals surface area contributed by atoms with Crippen LogP contribution in [0, 0.1) is 12.8 Å². The molecule has 10 nitrogen and oxygen atoms in total.